The molecule has 0 aliphatic rings. The highest BCUT2D eigenvalue weighted by atomic mass is 35.5. The first-order chi connectivity index (χ1) is 11.9. The number of nitrogens with two attached hydrogens (primary N) is 2. The number of rotatable bonds is 3. The van der Waals surface area contributed by atoms with E-state index in [1.807, 2.05) is 31.2 Å². The van der Waals surface area contributed by atoms with Gasteiger partial charge >= 0.3 is 0 Å². The average Bonchev–Trinajstić information content (AvgIpc) is 2.57. The van der Waals surface area contributed by atoms with E-state index in [9.17, 15) is 4.39 Å². The zero-order chi connectivity index (χ0) is 18.0. The van der Waals surface area contributed by atoms with Crippen LogP contribution in [0.5, 0.6) is 0 Å². The lowest BCUT2D eigenvalue weighted by Gasteiger charge is -2.08. The third-order valence-electron chi connectivity index (χ3n) is 3.63. The van der Waals surface area contributed by atoms with E-state index >= 15 is 0 Å². The van der Waals surface area contributed by atoms with Crippen LogP contribution in [0.15, 0.2) is 59.6 Å². The first-order valence-electron chi connectivity index (χ1n) is 7.57. The molecule has 0 bridgehead atoms. The Morgan fingerprint density at radius 3 is 2.64 bits per heavy atom. The largest absolute Gasteiger partial charge is 0.398 e. The highest BCUT2D eigenvalue weighted by Gasteiger charge is 2.09. The summed E-state index contributed by atoms with van der Waals surface area (Å²) in [7, 11) is 0. The van der Waals surface area contributed by atoms with Crippen molar-refractivity contribution in [2.24, 2.45) is 10.7 Å². The van der Waals surface area contributed by atoms with Gasteiger partial charge in [-0.05, 0) is 48.9 Å². The normalized spacial score (nSPS) is 11.6. The summed E-state index contributed by atoms with van der Waals surface area (Å²) in [6, 6.07) is 15.1. The van der Waals surface area contributed by atoms with Gasteiger partial charge in [-0.15, -0.1) is 0 Å². The molecule has 0 atom stereocenters. The summed E-state index contributed by atoms with van der Waals surface area (Å²) < 4.78 is 13.4. The molecule has 1 heterocycles. The van der Waals surface area contributed by atoms with Gasteiger partial charge in [-0.3, -0.25) is 0 Å². The number of aliphatic imine (C=N–C) groups is 1. The number of anilines is 1. The highest BCUT2D eigenvalue weighted by molar-refractivity contribution is 6.33. The van der Waals surface area contributed by atoms with Gasteiger partial charge in [0.2, 0.25) is 0 Å². The van der Waals surface area contributed by atoms with Crippen molar-refractivity contribution in [1.29, 1.82) is 0 Å². The number of benzene rings is 2. The number of nitrogen functional groups attached to an aromatic ring is 1. The fourth-order valence-electron chi connectivity index (χ4n) is 2.45. The SMILES string of the molecule is Cc1cc(/N=C(\N)c2cc(F)ccc2N)nc(-c2ccccc2Cl)c1. The van der Waals surface area contributed by atoms with Crippen molar-refractivity contribution >= 4 is 28.9 Å². The maximum absolute atomic E-state index is 13.4. The van der Waals surface area contributed by atoms with Gasteiger partial charge < -0.3 is 11.5 Å². The molecular weight excluding hydrogens is 339 g/mol. The Balaban J connectivity index is 2.06. The van der Waals surface area contributed by atoms with E-state index in [0.29, 0.717) is 27.8 Å². The second-order valence-corrected chi connectivity index (χ2v) is 6.00. The van der Waals surface area contributed by atoms with Crippen LogP contribution in [-0.4, -0.2) is 10.8 Å². The second-order valence-electron chi connectivity index (χ2n) is 5.60. The molecule has 2 aromatic carbocycles. The summed E-state index contributed by atoms with van der Waals surface area (Å²) in [5.74, 6) is 0.0626. The fourth-order valence-corrected chi connectivity index (χ4v) is 2.68. The maximum atomic E-state index is 13.4. The van der Waals surface area contributed by atoms with Crippen LogP contribution in [0, 0.1) is 12.7 Å². The number of hydrogen-bond donors (Lipinski definition) is 2. The van der Waals surface area contributed by atoms with Gasteiger partial charge in [-0.2, -0.15) is 0 Å². The van der Waals surface area contributed by atoms with Gasteiger partial charge in [0.05, 0.1) is 5.69 Å². The molecule has 0 unspecified atom stereocenters. The van der Waals surface area contributed by atoms with E-state index in [1.165, 1.54) is 18.2 Å². The van der Waals surface area contributed by atoms with Crippen LogP contribution < -0.4 is 11.5 Å². The number of hydrogen-bond acceptors (Lipinski definition) is 3. The van der Waals surface area contributed by atoms with Gasteiger partial charge in [-0.25, -0.2) is 14.4 Å². The van der Waals surface area contributed by atoms with Gasteiger partial charge in [0, 0.05) is 21.8 Å². The Hall–Kier alpha value is -2.92. The third-order valence-corrected chi connectivity index (χ3v) is 3.96. The quantitative estimate of drug-likeness (QED) is 0.414. The molecule has 0 radical (unpaired) electrons. The summed E-state index contributed by atoms with van der Waals surface area (Å²) in [5, 5.41) is 0.595. The van der Waals surface area contributed by atoms with Crippen LogP contribution in [0.25, 0.3) is 11.3 Å². The van der Waals surface area contributed by atoms with Gasteiger partial charge in [0.1, 0.15) is 11.7 Å². The van der Waals surface area contributed by atoms with E-state index in [-0.39, 0.29) is 5.84 Å². The van der Waals surface area contributed by atoms with E-state index in [4.69, 9.17) is 23.1 Å². The van der Waals surface area contributed by atoms with Crippen molar-refractivity contribution in [3.05, 3.63) is 76.6 Å². The second kappa shape index (κ2) is 6.91. The lowest BCUT2D eigenvalue weighted by molar-refractivity contribution is 0.627. The smallest absolute Gasteiger partial charge is 0.155 e. The molecule has 1 aromatic heterocycles. The minimum Gasteiger partial charge on any atom is -0.398 e. The van der Waals surface area contributed by atoms with E-state index in [2.05, 4.69) is 9.98 Å². The van der Waals surface area contributed by atoms with Crippen LogP contribution in [-0.2, 0) is 0 Å². The number of aryl methyl sites for hydroxylation is 1. The Kier molecular flexibility index (Phi) is 4.67. The summed E-state index contributed by atoms with van der Waals surface area (Å²) >= 11 is 6.24. The van der Waals surface area contributed by atoms with Crippen molar-refractivity contribution in [3.8, 4) is 11.3 Å². The highest BCUT2D eigenvalue weighted by Crippen LogP contribution is 2.28. The Labute approximate surface area is 150 Å². The molecule has 0 aliphatic carbocycles. The molecule has 0 aliphatic heterocycles. The third kappa shape index (κ3) is 3.78. The number of pyridine rings is 1. The van der Waals surface area contributed by atoms with Gasteiger partial charge in [0.15, 0.2) is 5.82 Å². The molecule has 0 saturated carbocycles. The molecule has 4 nitrogen and oxygen atoms in total. The van der Waals surface area contributed by atoms with Crippen LogP contribution in [0.4, 0.5) is 15.9 Å². The predicted octanol–water partition coefficient (Wildman–Crippen LogP) is 4.47. The first kappa shape index (κ1) is 16.9. The summed E-state index contributed by atoms with van der Waals surface area (Å²) in [6.45, 7) is 1.92. The van der Waals surface area contributed by atoms with E-state index < -0.39 is 5.82 Å². The Morgan fingerprint density at radius 2 is 1.88 bits per heavy atom. The van der Waals surface area contributed by atoms with Crippen molar-refractivity contribution in [1.82, 2.24) is 4.98 Å². The van der Waals surface area contributed by atoms with Crippen LogP contribution in [0.1, 0.15) is 11.1 Å². The Morgan fingerprint density at radius 1 is 1.12 bits per heavy atom. The number of nitrogens with zero attached hydrogens (tertiary/aromatic N) is 2. The zero-order valence-electron chi connectivity index (χ0n) is 13.5. The number of amidine groups is 1. The van der Waals surface area contributed by atoms with Crippen molar-refractivity contribution in [2.45, 2.75) is 6.92 Å². The van der Waals surface area contributed by atoms with Gasteiger partial charge in [0.25, 0.3) is 0 Å². The zero-order valence-corrected chi connectivity index (χ0v) is 14.3. The topological polar surface area (TPSA) is 77.3 Å². The van der Waals surface area contributed by atoms with E-state index in [1.54, 1.807) is 12.1 Å². The summed E-state index contributed by atoms with van der Waals surface area (Å²) in [6.07, 6.45) is 0. The minimum atomic E-state index is -0.434. The molecule has 6 heteroatoms. The number of aromatic nitrogens is 1. The first-order valence-corrected chi connectivity index (χ1v) is 7.95. The summed E-state index contributed by atoms with van der Waals surface area (Å²) in [5.41, 5.74) is 15.0. The van der Waals surface area contributed by atoms with Gasteiger partial charge in [-0.1, -0.05) is 29.8 Å². The maximum Gasteiger partial charge on any atom is 0.155 e. The molecule has 126 valence electrons. The predicted molar refractivity (Wildman–Crippen MR) is 101 cm³/mol. The molecular formula is C19H16ClFN4. The van der Waals surface area contributed by atoms with Crippen molar-refractivity contribution in [3.63, 3.8) is 0 Å². The molecule has 3 aromatic rings. The molecule has 3 rings (SSSR count). The van der Waals surface area contributed by atoms with Crippen LogP contribution in [0.2, 0.25) is 5.02 Å². The summed E-state index contributed by atoms with van der Waals surface area (Å²) in [4.78, 5) is 8.80. The average molecular weight is 355 g/mol. The minimum absolute atomic E-state index is 0.0974. The number of halogens is 2. The van der Waals surface area contributed by atoms with Crippen molar-refractivity contribution in [2.75, 3.05) is 5.73 Å². The monoisotopic (exact) mass is 354 g/mol. The molecule has 0 saturated heterocycles. The Bertz CT molecular complexity index is 969. The lowest BCUT2D eigenvalue weighted by atomic mass is 10.1. The fraction of sp³-hybridized carbons (Fsp3) is 0.0526. The van der Waals surface area contributed by atoms with Crippen LogP contribution in [0.3, 0.4) is 0 Å². The molecule has 0 amide bonds. The molecule has 0 spiro atoms. The molecule has 4 N–H and O–H groups in total. The van der Waals surface area contributed by atoms with Crippen molar-refractivity contribution < 1.29 is 4.39 Å². The lowest BCUT2D eigenvalue weighted by Crippen LogP contribution is -2.15. The molecule has 0 fully saturated rings. The van der Waals surface area contributed by atoms with E-state index in [0.717, 1.165) is 11.1 Å². The van der Waals surface area contributed by atoms with Crippen LogP contribution >= 0.6 is 11.6 Å². The standard InChI is InChI=1S/C19H16ClFN4/c1-11-8-17(13-4-2-3-5-15(13)20)24-18(9-11)25-19(23)14-10-12(21)6-7-16(14)22/h2-10H,22H2,1H3,(H2,23,24,25). The molecule has 25 heavy (non-hydrogen) atoms.